The van der Waals surface area contributed by atoms with Crippen molar-refractivity contribution in [1.82, 2.24) is 20.4 Å². The molecule has 2 N–H and O–H groups in total. The molecule has 6 nitrogen and oxygen atoms in total. The van der Waals surface area contributed by atoms with E-state index in [2.05, 4.69) is 22.7 Å². The van der Waals surface area contributed by atoms with Crippen molar-refractivity contribution in [2.75, 3.05) is 25.0 Å². The SMILES string of the molecule is CCNCc1c(C)nn(C)c1N(C)CC(=O)NC(C)C. The number of nitrogens with zero attached hydrogens (tertiary/aromatic N) is 3. The van der Waals surface area contributed by atoms with Gasteiger partial charge in [-0.3, -0.25) is 9.48 Å². The van der Waals surface area contributed by atoms with Crippen molar-refractivity contribution >= 4 is 11.7 Å². The maximum Gasteiger partial charge on any atom is 0.239 e. The average Bonchev–Trinajstić information content (AvgIpc) is 2.59. The van der Waals surface area contributed by atoms with Crippen LogP contribution in [0.5, 0.6) is 0 Å². The van der Waals surface area contributed by atoms with Gasteiger partial charge in [-0.25, -0.2) is 0 Å². The molecular weight excluding hydrogens is 254 g/mol. The van der Waals surface area contributed by atoms with Crippen molar-refractivity contribution < 1.29 is 4.79 Å². The summed E-state index contributed by atoms with van der Waals surface area (Å²) in [7, 11) is 3.83. The van der Waals surface area contributed by atoms with E-state index in [1.54, 1.807) is 0 Å². The van der Waals surface area contributed by atoms with Crippen LogP contribution in [0, 0.1) is 6.92 Å². The summed E-state index contributed by atoms with van der Waals surface area (Å²) in [6.45, 7) is 10.00. The third-order valence-electron chi connectivity index (χ3n) is 3.06. The number of aryl methyl sites for hydroxylation is 2. The summed E-state index contributed by atoms with van der Waals surface area (Å²) in [4.78, 5) is 13.8. The number of anilines is 1. The normalized spacial score (nSPS) is 10.9. The molecular formula is C14H27N5O. The predicted molar refractivity (Wildman–Crippen MR) is 81.9 cm³/mol. The Morgan fingerprint density at radius 2 is 2.10 bits per heavy atom. The summed E-state index contributed by atoms with van der Waals surface area (Å²) in [6.07, 6.45) is 0. The van der Waals surface area contributed by atoms with Crippen molar-refractivity contribution in [2.24, 2.45) is 7.05 Å². The molecule has 20 heavy (non-hydrogen) atoms. The summed E-state index contributed by atoms with van der Waals surface area (Å²) < 4.78 is 1.84. The molecule has 0 aliphatic rings. The van der Waals surface area contributed by atoms with E-state index in [0.717, 1.165) is 30.2 Å². The topological polar surface area (TPSA) is 62.2 Å². The van der Waals surface area contributed by atoms with Crippen LogP contribution in [-0.4, -0.2) is 41.9 Å². The maximum absolute atomic E-state index is 11.9. The number of aromatic nitrogens is 2. The summed E-state index contributed by atoms with van der Waals surface area (Å²) in [5.41, 5.74) is 2.15. The minimum absolute atomic E-state index is 0.0238. The van der Waals surface area contributed by atoms with Gasteiger partial charge in [-0.2, -0.15) is 5.10 Å². The van der Waals surface area contributed by atoms with Gasteiger partial charge in [0.15, 0.2) is 0 Å². The fraction of sp³-hybridized carbons (Fsp3) is 0.714. The highest BCUT2D eigenvalue weighted by Gasteiger charge is 2.18. The van der Waals surface area contributed by atoms with Gasteiger partial charge in [0.1, 0.15) is 5.82 Å². The van der Waals surface area contributed by atoms with Crippen molar-refractivity contribution in [3.8, 4) is 0 Å². The van der Waals surface area contributed by atoms with Crippen LogP contribution in [-0.2, 0) is 18.4 Å². The van der Waals surface area contributed by atoms with Crippen LogP contribution in [0.2, 0.25) is 0 Å². The Labute approximate surface area is 121 Å². The Hall–Kier alpha value is -1.56. The Kier molecular flexibility index (Phi) is 6.01. The van der Waals surface area contributed by atoms with Crippen LogP contribution < -0.4 is 15.5 Å². The zero-order valence-electron chi connectivity index (χ0n) is 13.4. The second-order valence-corrected chi connectivity index (χ2v) is 5.37. The predicted octanol–water partition coefficient (Wildman–Crippen LogP) is 0.799. The van der Waals surface area contributed by atoms with Gasteiger partial charge >= 0.3 is 0 Å². The average molecular weight is 281 g/mol. The largest absolute Gasteiger partial charge is 0.352 e. The first kappa shape index (κ1) is 16.5. The molecule has 6 heteroatoms. The van der Waals surface area contributed by atoms with Gasteiger partial charge in [0.05, 0.1) is 12.2 Å². The lowest BCUT2D eigenvalue weighted by molar-refractivity contribution is -0.120. The fourth-order valence-corrected chi connectivity index (χ4v) is 2.28. The number of nitrogens with one attached hydrogen (secondary N) is 2. The number of likely N-dealkylation sites (N-methyl/N-ethyl adjacent to an activating group) is 1. The number of hydrogen-bond acceptors (Lipinski definition) is 4. The van der Waals surface area contributed by atoms with Crippen LogP contribution >= 0.6 is 0 Å². The summed E-state index contributed by atoms with van der Waals surface area (Å²) >= 11 is 0. The third kappa shape index (κ3) is 4.23. The van der Waals surface area contributed by atoms with Crippen molar-refractivity contribution in [3.63, 3.8) is 0 Å². The van der Waals surface area contributed by atoms with E-state index in [-0.39, 0.29) is 11.9 Å². The zero-order valence-corrected chi connectivity index (χ0v) is 13.4. The minimum Gasteiger partial charge on any atom is -0.352 e. The molecule has 114 valence electrons. The molecule has 0 aliphatic heterocycles. The molecule has 0 fully saturated rings. The van der Waals surface area contributed by atoms with E-state index in [0.29, 0.717) is 6.54 Å². The number of carbonyl (C=O) groups excluding carboxylic acids is 1. The molecule has 0 radical (unpaired) electrons. The second-order valence-electron chi connectivity index (χ2n) is 5.37. The molecule has 1 amide bonds. The van der Waals surface area contributed by atoms with E-state index < -0.39 is 0 Å². The Morgan fingerprint density at radius 1 is 1.45 bits per heavy atom. The maximum atomic E-state index is 11.9. The van der Waals surface area contributed by atoms with Gasteiger partial charge < -0.3 is 15.5 Å². The molecule has 0 saturated carbocycles. The summed E-state index contributed by atoms with van der Waals surface area (Å²) in [5, 5.41) is 10.7. The van der Waals surface area contributed by atoms with Gasteiger partial charge in [-0.15, -0.1) is 0 Å². The highest BCUT2D eigenvalue weighted by atomic mass is 16.2. The van der Waals surface area contributed by atoms with E-state index in [4.69, 9.17) is 0 Å². The molecule has 1 aromatic heterocycles. The second kappa shape index (κ2) is 7.28. The van der Waals surface area contributed by atoms with Gasteiger partial charge in [0, 0.05) is 32.2 Å². The Morgan fingerprint density at radius 3 is 2.65 bits per heavy atom. The van der Waals surface area contributed by atoms with E-state index in [9.17, 15) is 4.79 Å². The van der Waals surface area contributed by atoms with Crippen LogP contribution in [0.3, 0.4) is 0 Å². The molecule has 1 aromatic rings. The van der Waals surface area contributed by atoms with E-state index in [1.165, 1.54) is 0 Å². The monoisotopic (exact) mass is 281 g/mol. The van der Waals surface area contributed by atoms with Gasteiger partial charge in [-0.1, -0.05) is 6.92 Å². The first-order valence-corrected chi connectivity index (χ1v) is 7.10. The number of carbonyl (C=O) groups is 1. The molecule has 1 heterocycles. The molecule has 0 unspecified atom stereocenters. The number of rotatable bonds is 7. The first-order valence-electron chi connectivity index (χ1n) is 7.10. The highest BCUT2D eigenvalue weighted by Crippen LogP contribution is 2.21. The lowest BCUT2D eigenvalue weighted by Crippen LogP contribution is -2.39. The number of amides is 1. The van der Waals surface area contributed by atoms with Gasteiger partial charge in [0.25, 0.3) is 0 Å². The highest BCUT2D eigenvalue weighted by molar-refractivity contribution is 5.81. The van der Waals surface area contributed by atoms with E-state index >= 15 is 0 Å². The summed E-state index contributed by atoms with van der Waals surface area (Å²) in [5.74, 6) is 1.01. The molecule has 0 atom stereocenters. The molecule has 1 rings (SSSR count). The fourth-order valence-electron chi connectivity index (χ4n) is 2.28. The lowest BCUT2D eigenvalue weighted by Gasteiger charge is -2.21. The van der Waals surface area contributed by atoms with Gasteiger partial charge in [0.2, 0.25) is 5.91 Å². The van der Waals surface area contributed by atoms with Crippen LogP contribution in [0.1, 0.15) is 32.0 Å². The van der Waals surface area contributed by atoms with Crippen LogP contribution in [0.4, 0.5) is 5.82 Å². The van der Waals surface area contributed by atoms with Gasteiger partial charge in [-0.05, 0) is 27.3 Å². The Balaban J connectivity index is 2.85. The minimum atomic E-state index is 0.0238. The molecule has 0 saturated heterocycles. The van der Waals surface area contributed by atoms with Crippen molar-refractivity contribution in [1.29, 1.82) is 0 Å². The molecule has 0 bridgehead atoms. The van der Waals surface area contributed by atoms with Crippen LogP contribution in [0.15, 0.2) is 0 Å². The summed E-state index contributed by atoms with van der Waals surface area (Å²) in [6, 6.07) is 0.158. The van der Waals surface area contributed by atoms with Crippen LogP contribution in [0.25, 0.3) is 0 Å². The number of hydrogen-bond donors (Lipinski definition) is 2. The Bertz CT molecular complexity index is 453. The standard InChI is InChI=1S/C14H27N5O/c1-7-15-8-12-11(4)17-19(6)14(12)18(5)9-13(20)16-10(2)3/h10,15H,7-9H2,1-6H3,(H,16,20). The van der Waals surface area contributed by atoms with Crippen molar-refractivity contribution in [3.05, 3.63) is 11.3 Å². The quantitative estimate of drug-likeness (QED) is 0.776. The first-order chi connectivity index (χ1) is 9.36. The molecule has 0 aliphatic carbocycles. The molecule has 0 aromatic carbocycles. The van der Waals surface area contributed by atoms with Crippen molar-refractivity contribution in [2.45, 2.75) is 40.3 Å². The zero-order chi connectivity index (χ0) is 15.3. The third-order valence-corrected chi connectivity index (χ3v) is 3.06. The lowest BCUT2D eigenvalue weighted by atomic mass is 10.2. The smallest absolute Gasteiger partial charge is 0.239 e. The van der Waals surface area contributed by atoms with E-state index in [1.807, 2.05) is 44.4 Å². The molecule has 0 spiro atoms.